The fourth-order valence-electron chi connectivity index (χ4n) is 2.47. The molecule has 17 heavy (non-hydrogen) atoms. The van der Waals surface area contributed by atoms with Crippen LogP contribution in [0, 0.1) is 13.8 Å². The molecule has 0 aliphatic heterocycles. The summed E-state index contributed by atoms with van der Waals surface area (Å²) in [5, 5.41) is 0. The molecule has 1 aromatic rings. The second-order valence-electron chi connectivity index (χ2n) is 5.11. The number of carbonyl (C=O) groups excluding carboxylic acids is 1. The molecule has 1 fully saturated rings. The zero-order valence-corrected chi connectivity index (χ0v) is 10.6. The molecular formula is C13H21N3O. The van der Waals surface area contributed by atoms with Crippen LogP contribution in [-0.2, 0) is 4.79 Å². The van der Waals surface area contributed by atoms with Gasteiger partial charge in [0.2, 0.25) is 0 Å². The number of hydrogen-bond acceptors (Lipinski definition) is 2. The lowest BCUT2D eigenvalue weighted by molar-refractivity contribution is -0.123. The maximum atomic E-state index is 12.2. The fourth-order valence-corrected chi connectivity index (χ4v) is 2.47. The van der Waals surface area contributed by atoms with Gasteiger partial charge in [0, 0.05) is 11.4 Å². The SMILES string of the molecule is Cc1ccc(C)n1NC(=O)C1(N)CCCCC1. The van der Waals surface area contributed by atoms with E-state index in [-0.39, 0.29) is 5.91 Å². The van der Waals surface area contributed by atoms with Gasteiger partial charge in [0.25, 0.3) is 5.91 Å². The minimum Gasteiger partial charge on any atom is -0.317 e. The molecule has 1 saturated carbocycles. The molecule has 1 amide bonds. The van der Waals surface area contributed by atoms with Crippen LogP contribution >= 0.6 is 0 Å². The van der Waals surface area contributed by atoms with Crippen LogP contribution in [0.25, 0.3) is 0 Å². The Bertz CT molecular complexity index is 397. The van der Waals surface area contributed by atoms with Gasteiger partial charge in [-0.3, -0.25) is 14.9 Å². The topological polar surface area (TPSA) is 60.0 Å². The van der Waals surface area contributed by atoms with Crippen LogP contribution in [0.4, 0.5) is 0 Å². The number of aromatic nitrogens is 1. The molecule has 2 rings (SSSR count). The Kier molecular flexibility index (Phi) is 3.24. The highest BCUT2D eigenvalue weighted by Crippen LogP contribution is 2.26. The molecule has 1 aliphatic carbocycles. The molecule has 94 valence electrons. The molecule has 0 saturated heterocycles. The smallest absolute Gasteiger partial charge is 0.258 e. The number of amides is 1. The Labute approximate surface area is 102 Å². The van der Waals surface area contributed by atoms with Crippen molar-refractivity contribution in [1.29, 1.82) is 0 Å². The van der Waals surface area contributed by atoms with E-state index in [0.717, 1.165) is 37.1 Å². The van der Waals surface area contributed by atoms with Crippen molar-refractivity contribution in [2.75, 3.05) is 5.43 Å². The molecule has 1 aliphatic rings. The van der Waals surface area contributed by atoms with Crippen molar-refractivity contribution in [3.05, 3.63) is 23.5 Å². The first-order valence-electron chi connectivity index (χ1n) is 6.28. The number of nitrogens with one attached hydrogen (secondary N) is 1. The molecule has 4 heteroatoms. The predicted molar refractivity (Wildman–Crippen MR) is 68.3 cm³/mol. The Morgan fingerprint density at radius 1 is 1.24 bits per heavy atom. The van der Waals surface area contributed by atoms with Crippen LogP contribution in [0.3, 0.4) is 0 Å². The Hall–Kier alpha value is -1.29. The summed E-state index contributed by atoms with van der Waals surface area (Å²) in [6.07, 6.45) is 4.87. The van der Waals surface area contributed by atoms with Crippen molar-refractivity contribution >= 4 is 5.91 Å². The Morgan fingerprint density at radius 3 is 2.29 bits per heavy atom. The van der Waals surface area contributed by atoms with Gasteiger partial charge < -0.3 is 5.73 Å². The van der Waals surface area contributed by atoms with Crippen LogP contribution < -0.4 is 11.2 Å². The van der Waals surface area contributed by atoms with E-state index in [1.165, 1.54) is 6.42 Å². The summed E-state index contributed by atoms with van der Waals surface area (Å²) < 4.78 is 1.81. The molecule has 0 unspecified atom stereocenters. The van der Waals surface area contributed by atoms with Crippen molar-refractivity contribution in [3.63, 3.8) is 0 Å². The van der Waals surface area contributed by atoms with Crippen molar-refractivity contribution in [2.45, 2.75) is 51.5 Å². The van der Waals surface area contributed by atoms with Gasteiger partial charge in [-0.2, -0.15) is 0 Å². The molecule has 0 radical (unpaired) electrons. The molecule has 0 atom stereocenters. The summed E-state index contributed by atoms with van der Waals surface area (Å²) >= 11 is 0. The highest BCUT2D eigenvalue weighted by molar-refractivity contribution is 5.92. The lowest BCUT2D eigenvalue weighted by Gasteiger charge is -2.32. The third-order valence-corrected chi connectivity index (χ3v) is 3.68. The maximum Gasteiger partial charge on any atom is 0.258 e. The normalized spacial score (nSPS) is 19.0. The van der Waals surface area contributed by atoms with E-state index in [4.69, 9.17) is 5.73 Å². The van der Waals surface area contributed by atoms with Gasteiger partial charge in [0.15, 0.2) is 0 Å². The number of nitrogens with zero attached hydrogens (tertiary/aromatic N) is 1. The average Bonchev–Trinajstić information content (AvgIpc) is 2.62. The summed E-state index contributed by atoms with van der Waals surface area (Å²) in [5.41, 5.74) is 10.5. The quantitative estimate of drug-likeness (QED) is 0.821. The largest absolute Gasteiger partial charge is 0.317 e. The van der Waals surface area contributed by atoms with Gasteiger partial charge in [0.05, 0.1) is 5.54 Å². The first kappa shape index (κ1) is 12.2. The van der Waals surface area contributed by atoms with Gasteiger partial charge in [-0.05, 0) is 38.8 Å². The zero-order chi connectivity index (χ0) is 12.5. The van der Waals surface area contributed by atoms with Gasteiger partial charge in [0.1, 0.15) is 0 Å². The summed E-state index contributed by atoms with van der Waals surface area (Å²) in [5.74, 6) is -0.0559. The fraction of sp³-hybridized carbons (Fsp3) is 0.615. The third-order valence-electron chi connectivity index (χ3n) is 3.68. The van der Waals surface area contributed by atoms with Crippen molar-refractivity contribution in [2.24, 2.45) is 5.73 Å². The first-order chi connectivity index (χ1) is 8.03. The first-order valence-corrected chi connectivity index (χ1v) is 6.28. The summed E-state index contributed by atoms with van der Waals surface area (Å²) in [6.45, 7) is 3.94. The molecule has 1 heterocycles. The monoisotopic (exact) mass is 235 g/mol. The predicted octanol–water partition coefficient (Wildman–Crippen LogP) is 1.84. The van der Waals surface area contributed by atoms with E-state index >= 15 is 0 Å². The highest BCUT2D eigenvalue weighted by Gasteiger charge is 2.35. The van der Waals surface area contributed by atoms with E-state index in [2.05, 4.69) is 5.43 Å². The van der Waals surface area contributed by atoms with E-state index in [0.29, 0.717) is 0 Å². The van der Waals surface area contributed by atoms with Crippen molar-refractivity contribution in [1.82, 2.24) is 4.68 Å². The van der Waals surface area contributed by atoms with Gasteiger partial charge >= 0.3 is 0 Å². The molecule has 0 bridgehead atoms. The standard InChI is InChI=1S/C13H21N3O/c1-10-6-7-11(2)16(10)15-12(17)13(14)8-4-3-5-9-13/h6-7H,3-5,8-9,14H2,1-2H3,(H,15,17). The summed E-state index contributed by atoms with van der Waals surface area (Å²) in [6, 6.07) is 3.97. The van der Waals surface area contributed by atoms with E-state index < -0.39 is 5.54 Å². The Morgan fingerprint density at radius 2 is 1.76 bits per heavy atom. The van der Waals surface area contributed by atoms with Crippen LogP contribution in [0.1, 0.15) is 43.5 Å². The second kappa shape index (κ2) is 4.53. The third kappa shape index (κ3) is 2.36. The number of rotatable bonds is 2. The van der Waals surface area contributed by atoms with Crippen LogP contribution in [-0.4, -0.2) is 16.1 Å². The maximum absolute atomic E-state index is 12.2. The zero-order valence-electron chi connectivity index (χ0n) is 10.6. The van der Waals surface area contributed by atoms with Gasteiger partial charge in [-0.15, -0.1) is 0 Å². The molecule has 0 spiro atoms. The molecule has 4 nitrogen and oxygen atoms in total. The summed E-state index contributed by atoms with van der Waals surface area (Å²) in [7, 11) is 0. The van der Waals surface area contributed by atoms with Crippen LogP contribution in [0.5, 0.6) is 0 Å². The minimum absolute atomic E-state index is 0.0559. The number of nitrogens with two attached hydrogens (primary N) is 1. The van der Waals surface area contributed by atoms with Crippen LogP contribution in [0.2, 0.25) is 0 Å². The Balaban J connectivity index is 2.11. The molecule has 0 aromatic carbocycles. The van der Waals surface area contributed by atoms with E-state index in [9.17, 15) is 4.79 Å². The average molecular weight is 235 g/mol. The molecule has 3 N–H and O–H groups in total. The summed E-state index contributed by atoms with van der Waals surface area (Å²) in [4.78, 5) is 12.2. The lowest BCUT2D eigenvalue weighted by atomic mass is 9.82. The number of hydrogen-bond donors (Lipinski definition) is 2. The van der Waals surface area contributed by atoms with Crippen LogP contribution in [0.15, 0.2) is 12.1 Å². The lowest BCUT2D eigenvalue weighted by Crippen LogP contribution is -2.54. The van der Waals surface area contributed by atoms with E-state index in [1.54, 1.807) is 0 Å². The van der Waals surface area contributed by atoms with Crippen molar-refractivity contribution in [3.8, 4) is 0 Å². The second-order valence-corrected chi connectivity index (χ2v) is 5.11. The van der Waals surface area contributed by atoms with Gasteiger partial charge in [-0.1, -0.05) is 19.3 Å². The highest BCUT2D eigenvalue weighted by atomic mass is 16.2. The minimum atomic E-state index is -0.679. The molecular weight excluding hydrogens is 214 g/mol. The van der Waals surface area contributed by atoms with E-state index in [1.807, 2.05) is 30.7 Å². The number of aryl methyl sites for hydroxylation is 2. The van der Waals surface area contributed by atoms with Gasteiger partial charge in [-0.25, -0.2) is 0 Å². The number of carbonyl (C=O) groups is 1. The van der Waals surface area contributed by atoms with Crippen molar-refractivity contribution < 1.29 is 4.79 Å². The molecule has 1 aromatic heterocycles.